The van der Waals surface area contributed by atoms with E-state index in [9.17, 15) is 0 Å². The third kappa shape index (κ3) is 2.03. The van der Waals surface area contributed by atoms with Gasteiger partial charge in [0.25, 0.3) is 0 Å². The van der Waals surface area contributed by atoms with E-state index < -0.39 is 0 Å². The first-order valence-corrected chi connectivity index (χ1v) is 6.27. The van der Waals surface area contributed by atoms with Crippen LogP contribution in [0.3, 0.4) is 0 Å². The Balaban J connectivity index is 1.90. The van der Waals surface area contributed by atoms with Crippen molar-refractivity contribution in [2.24, 2.45) is 0 Å². The first-order valence-electron chi connectivity index (χ1n) is 5.39. The molecule has 2 rings (SSSR count). The van der Waals surface area contributed by atoms with E-state index in [1.165, 1.54) is 39.0 Å². The van der Waals surface area contributed by atoms with Gasteiger partial charge in [0.15, 0.2) is 0 Å². The highest BCUT2D eigenvalue weighted by Crippen LogP contribution is 2.40. The smallest absolute Gasteiger partial charge is 0.0673 e. The van der Waals surface area contributed by atoms with Crippen molar-refractivity contribution in [3.63, 3.8) is 0 Å². The van der Waals surface area contributed by atoms with Gasteiger partial charge in [0.05, 0.1) is 4.87 Å². The molecular formula is C10H20N2S. The molecule has 2 fully saturated rings. The fourth-order valence-corrected chi connectivity index (χ4v) is 3.85. The van der Waals surface area contributed by atoms with E-state index in [1.54, 1.807) is 0 Å². The van der Waals surface area contributed by atoms with Crippen molar-refractivity contribution >= 4 is 11.8 Å². The zero-order valence-corrected chi connectivity index (χ0v) is 9.49. The summed E-state index contributed by atoms with van der Waals surface area (Å²) in [6.07, 6.45) is 2.66. The van der Waals surface area contributed by atoms with Crippen LogP contribution in [0.2, 0.25) is 0 Å². The Morgan fingerprint density at radius 1 is 1.46 bits per heavy atom. The number of piperidine rings is 1. The van der Waals surface area contributed by atoms with Crippen molar-refractivity contribution in [3.05, 3.63) is 0 Å². The highest BCUT2D eigenvalue weighted by atomic mass is 32.2. The summed E-state index contributed by atoms with van der Waals surface area (Å²) in [6, 6.07) is 0. The molecule has 2 aliphatic rings. The normalized spacial score (nSPS) is 34.2. The maximum Gasteiger partial charge on any atom is 0.0673 e. The molecule has 0 saturated carbocycles. The van der Waals surface area contributed by atoms with Gasteiger partial charge in [-0.15, -0.1) is 11.8 Å². The molecule has 2 saturated heterocycles. The molecule has 0 aromatic carbocycles. The molecule has 0 aliphatic carbocycles. The molecule has 1 unspecified atom stereocenters. The second kappa shape index (κ2) is 3.79. The van der Waals surface area contributed by atoms with Crippen molar-refractivity contribution < 1.29 is 0 Å². The molecular weight excluding hydrogens is 180 g/mol. The van der Waals surface area contributed by atoms with E-state index >= 15 is 0 Å². The topological polar surface area (TPSA) is 15.3 Å². The lowest BCUT2D eigenvalue weighted by Crippen LogP contribution is -2.48. The number of likely N-dealkylation sites (tertiary alicyclic amines) is 1. The van der Waals surface area contributed by atoms with E-state index in [1.807, 2.05) is 0 Å². The van der Waals surface area contributed by atoms with Gasteiger partial charge in [0.1, 0.15) is 0 Å². The number of nitrogens with one attached hydrogen (secondary N) is 1. The molecule has 0 aromatic rings. The molecule has 2 aliphatic heterocycles. The molecule has 0 bridgehead atoms. The van der Waals surface area contributed by atoms with Gasteiger partial charge in [-0.3, -0.25) is 0 Å². The Hall–Kier alpha value is 0.270. The zero-order valence-electron chi connectivity index (χ0n) is 8.68. The molecule has 13 heavy (non-hydrogen) atoms. The number of rotatable bonds is 1. The van der Waals surface area contributed by atoms with Gasteiger partial charge in [0, 0.05) is 24.9 Å². The van der Waals surface area contributed by atoms with Crippen molar-refractivity contribution in [2.45, 2.75) is 36.8 Å². The lowest BCUT2D eigenvalue weighted by molar-refractivity contribution is 0.196. The van der Waals surface area contributed by atoms with E-state index in [0.717, 1.165) is 5.25 Å². The van der Waals surface area contributed by atoms with Crippen LogP contribution < -0.4 is 5.32 Å². The summed E-state index contributed by atoms with van der Waals surface area (Å²) >= 11 is 2.16. The summed E-state index contributed by atoms with van der Waals surface area (Å²) in [5.41, 5.74) is 0. The van der Waals surface area contributed by atoms with Gasteiger partial charge in [-0.25, -0.2) is 0 Å². The zero-order chi connectivity index (χ0) is 9.31. The third-order valence-corrected chi connectivity index (χ3v) is 4.82. The molecule has 76 valence electrons. The third-order valence-electron chi connectivity index (χ3n) is 3.25. The van der Waals surface area contributed by atoms with Crippen LogP contribution in [0.15, 0.2) is 0 Å². The fourth-order valence-electron chi connectivity index (χ4n) is 2.32. The summed E-state index contributed by atoms with van der Waals surface area (Å²) in [4.78, 5) is 3.00. The highest BCUT2D eigenvalue weighted by molar-refractivity contribution is 8.01. The number of nitrogens with zero attached hydrogens (tertiary/aromatic N) is 1. The molecule has 0 aromatic heterocycles. The van der Waals surface area contributed by atoms with E-state index in [-0.39, 0.29) is 0 Å². The van der Waals surface area contributed by atoms with Crippen molar-refractivity contribution in [3.8, 4) is 0 Å². The van der Waals surface area contributed by atoms with Gasteiger partial charge in [-0.1, -0.05) is 13.8 Å². The Morgan fingerprint density at radius 2 is 2.15 bits per heavy atom. The maximum absolute atomic E-state index is 3.70. The minimum atomic E-state index is 0.449. The lowest BCUT2D eigenvalue weighted by Gasteiger charge is -2.38. The molecule has 2 heterocycles. The van der Waals surface area contributed by atoms with Crippen LogP contribution in [0.5, 0.6) is 0 Å². The van der Waals surface area contributed by atoms with E-state index in [0.29, 0.717) is 4.87 Å². The summed E-state index contributed by atoms with van der Waals surface area (Å²) in [7, 11) is 0. The van der Waals surface area contributed by atoms with Gasteiger partial charge in [-0.05, 0) is 19.4 Å². The number of thioether (sulfide) groups is 1. The fraction of sp³-hybridized carbons (Fsp3) is 1.00. The summed E-state index contributed by atoms with van der Waals surface area (Å²) in [6.45, 7) is 9.58. The van der Waals surface area contributed by atoms with Crippen LogP contribution in [-0.4, -0.2) is 41.2 Å². The molecule has 1 N–H and O–H groups in total. The molecule has 0 amide bonds. The van der Waals surface area contributed by atoms with Gasteiger partial charge in [-0.2, -0.15) is 0 Å². The molecule has 1 spiro atoms. The van der Waals surface area contributed by atoms with Gasteiger partial charge >= 0.3 is 0 Å². The summed E-state index contributed by atoms with van der Waals surface area (Å²) in [5, 5.41) is 4.52. The van der Waals surface area contributed by atoms with Gasteiger partial charge in [0.2, 0.25) is 0 Å². The van der Waals surface area contributed by atoms with Crippen LogP contribution in [0.25, 0.3) is 0 Å². The van der Waals surface area contributed by atoms with Crippen LogP contribution in [0.1, 0.15) is 26.7 Å². The largest absolute Gasteiger partial charge is 0.303 e. The molecule has 1 atom stereocenters. The second-order valence-corrected chi connectivity index (χ2v) is 6.06. The maximum atomic E-state index is 3.70. The molecule has 3 heteroatoms. The second-order valence-electron chi connectivity index (χ2n) is 4.24. The minimum Gasteiger partial charge on any atom is -0.303 e. The SMILES string of the molecule is CCN1CCC2(CC1)NCC(C)S2. The number of hydrogen-bond acceptors (Lipinski definition) is 3. The first-order chi connectivity index (χ1) is 6.24. The average molecular weight is 200 g/mol. The standard InChI is InChI=1S/C10H20N2S/c1-3-12-6-4-10(5-7-12)11-8-9(2)13-10/h9,11H,3-8H2,1-2H3. The van der Waals surface area contributed by atoms with Crippen LogP contribution >= 0.6 is 11.8 Å². The highest BCUT2D eigenvalue weighted by Gasteiger charge is 2.39. The average Bonchev–Trinajstić information content (AvgIpc) is 2.49. The lowest BCUT2D eigenvalue weighted by atomic mass is 10.0. The van der Waals surface area contributed by atoms with Crippen LogP contribution in [0.4, 0.5) is 0 Å². The van der Waals surface area contributed by atoms with Crippen molar-refractivity contribution in [1.29, 1.82) is 0 Å². The molecule has 2 nitrogen and oxygen atoms in total. The first kappa shape index (κ1) is 9.81. The quantitative estimate of drug-likeness (QED) is 0.691. The monoisotopic (exact) mass is 200 g/mol. The van der Waals surface area contributed by atoms with Crippen molar-refractivity contribution in [1.82, 2.24) is 10.2 Å². The number of hydrogen-bond donors (Lipinski definition) is 1. The summed E-state index contributed by atoms with van der Waals surface area (Å²) < 4.78 is 0. The van der Waals surface area contributed by atoms with Gasteiger partial charge < -0.3 is 10.2 Å². The van der Waals surface area contributed by atoms with Crippen LogP contribution in [-0.2, 0) is 0 Å². The van der Waals surface area contributed by atoms with E-state index in [4.69, 9.17) is 0 Å². The Bertz CT molecular complexity index is 176. The van der Waals surface area contributed by atoms with E-state index in [2.05, 4.69) is 35.8 Å². The summed E-state index contributed by atoms with van der Waals surface area (Å²) in [5.74, 6) is 0. The van der Waals surface area contributed by atoms with Crippen molar-refractivity contribution in [2.75, 3.05) is 26.2 Å². The Labute approximate surface area is 85.4 Å². The predicted molar refractivity (Wildman–Crippen MR) is 59.1 cm³/mol. The predicted octanol–water partition coefficient (Wildman–Crippen LogP) is 1.52. The minimum absolute atomic E-state index is 0.449. The van der Waals surface area contributed by atoms with Crippen LogP contribution in [0, 0.1) is 0 Å². The Kier molecular flexibility index (Phi) is 2.86. The molecule has 0 radical (unpaired) electrons. The Morgan fingerprint density at radius 3 is 2.62 bits per heavy atom.